The Labute approximate surface area is 162 Å². The first-order valence-electron chi connectivity index (χ1n) is 9.26. The van der Waals surface area contributed by atoms with Crippen LogP contribution in [0.25, 0.3) is 16.8 Å². The van der Waals surface area contributed by atoms with Gasteiger partial charge in [0.15, 0.2) is 0 Å². The molecule has 0 radical (unpaired) electrons. The maximum atomic E-state index is 6.08. The normalized spacial score (nSPS) is 11.4. The van der Waals surface area contributed by atoms with Crippen molar-refractivity contribution in [2.75, 3.05) is 5.73 Å². The van der Waals surface area contributed by atoms with Crippen LogP contribution in [-0.2, 0) is 6.42 Å². The Morgan fingerprint density at radius 1 is 1.04 bits per heavy atom. The average Bonchev–Trinajstić information content (AvgIpc) is 2.63. The van der Waals surface area contributed by atoms with E-state index in [2.05, 4.69) is 62.7 Å². The van der Waals surface area contributed by atoms with Gasteiger partial charge in [-0.2, -0.15) is 0 Å². The van der Waals surface area contributed by atoms with Crippen LogP contribution in [0.15, 0.2) is 67.4 Å². The first-order valence-corrected chi connectivity index (χ1v) is 9.26. The first kappa shape index (κ1) is 18.8. The van der Waals surface area contributed by atoms with Gasteiger partial charge < -0.3 is 5.73 Å². The highest BCUT2D eigenvalue weighted by Crippen LogP contribution is 2.31. The highest BCUT2D eigenvalue weighted by Gasteiger charge is 2.14. The average molecular weight is 358 g/mol. The molecule has 2 N–H and O–H groups in total. The third kappa shape index (κ3) is 5.04. The summed E-state index contributed by atoms with van der Waals surface area (Å²) in [5.41, 5.74) is 12.4. The predicted molar refractivity (Wildman–Crippen MR) is 114 cm³/mol. The van der Waals surface area contributed by atoms with Crippen LogP contribution in [0.1, 0.15) is 44.0 Å². The molecule has 3 nitrogen and oxygen atoms in total. The minimum Gasteiger partial charge on any atom is -0.382 e. The highest BCUT2D eigenvalue weighted by molar-refractivity contribution is 5.70. The van der Waals surface area contributed by atoms with Crippen LogP contribution in [-0.4, -0.2) is 9.97 Å². The molecule has 0 saturated carbocycles. The lowest BCUT2D eigenvalue weighted by Gasteiger charge is -2.20. The third-order valence-corrected chi connectivity index (χ3v) is 4.40. The summed E-state index contributed by atoms with van der Waals surface area (Å²) in [7, 11) is 0. The Bertz CT molecular complexity index is 937. The van der Waals surface area contributed by atoms with Gasteiger partial charge in [-0.05, 0) is 34.6 Å². The Hall–Kier alpha value is -2.94. The van der Waals surface area contributed by atoms with Crippen molar-refractivity contribution in [1.82, 2.24) is 9.97 Å². The van der Waals surface area contributed by atoms with Gasteiger partial charge in [-0.25, -0.2) is 9.97 Å². The Morgan fingerprint density at radius 2 is 1.78 bits per heavy atom. The molecule has 3 aromatic rings. The number of aromatic nitrogens is 2. The number of benzene rings is 2. The van der Waals surface area contributed by atoms with E-state index in [0.717, 1.165) is 34.5 Å². The van der Waals surface area contributed by atoms with Gasteiger partial charge in [0.1, 0.15) is 5.82 Å². The number of anilines is 1. The van der Waals surface area contributed by atoms with E-state index in [1.165, 1.54) is 5.56 Å². The maximum absolute atomic E-state index is 6.08. The van der Waals surface area contributed by atoms with Crippen LogP contribution >= 0.6 is 0 Å². The van der Waals surface area contributed by atoms with Gasteiger partial charge in [0.25, 0.3) is 0 Å². The summed E-state index contributed by atoms with van der Waals surface area (Å²) in [6.07, 6.45) is 3.36. The number of rotatable bonds is 5. The summed E-state index contributed by atoms with van der Waals surface area (Å²) in [5, 5.41) is 0. The quantitative estimate of drug-likeness (QED) is 0.631. The SMILES string of the molecule is C=C(CC(C)(C)C)c1cccc(-c2cnc(N)c(Cc3ccccc3)n2)c1. The van der Waals surface area contributed by atoms with Gasteiger partial charge in [0, 0.05) is 12.0 Å². The molecule has 0 saturated heterocycles. The molecule has 0 fully saturated rings. The molecule has 3 heteroatoms. The second-order valence-electron chi connectivity index (χ2n) is 8.17. The molecule has 2 aromatic carbocycles. The molecule has 0 spiro atoms. The predicted octanol–water partition coefficient (Wildman–Crippen LogP) is 5.77. The van der Waals surface area contributed by atoms with Gasteiger partial charge in [-0.15, -0.1) is 0 Å². The van der Waals surface area contributed by atoms with Crippen molar-refractivity contribution in [1.29, 1.82) is 0 Å². The van der Waals surface area contributed by atoms with Crippen molar-refractivity contribution in [2.24, 2.45) is 5.41 Å². The van der Waals surface area contributed by atoms with Gasteiger partial charge >= 0.3 is 0 Å². The molecule has 1 aromatic heterocycles. The second-order valence-corrected chi connectivity index (χ2v) is 8.17. The topological polar surface area (TPSA) is 51.8 Å². The van der Waals surface area contributed by atoms with E-state index in [-0.39, 0.29) is 5.41 Å². The van der Waals surface area contributed by atoms with Crippen LogP contribution in [0.3, 0.4) is 0 Å². The van der Waals surface area contributed by atoms with E-state index in [1.54, 1.807) is 6.20 Å². The van der Waals surface area contributed by atoms with E-state index in [9.17, 15) is 0 Å². The number of nitrogens with zero attached hydrogens (tertiary/aromatic N) is 2. The fourth-order valence-electron chi connectivity index (χ4n) is 3.14. The van der Waals surface area contributed by atoms with Crippen LogP contribution in [0, 0.1) is 5.41 Å². The van der Waals surface area contributed by atoms with Crippen molar-refractivity contribution in [2.45, 2.75) is 33.6 Å². The fourth-order valence-corrected chi connectivity index (χ4v) is 3.14. The van der Waals surface area contributed by atoms with Crippen molar-refractivity contribution in [3.8, 4) is 11.3 Å². The summed E-state index contributed by atoms with van der Waals surface area (Å²) < 4.78 is 0. The zero-order valence-corrected chi connectivity index (χ0v) is 16.4. The number of nitrogens with two attached hydrogens (primary N) is 1. The lowest BCUT2D eigenvalue weighted by molar-refractivity contribution is 0.427. The van der Waals surface area contributed by atoms with E-state index in [1.807, 2.05) is 24.3 Å². The van der Waals surface area contributed by atoms with E-state index in [0.29, 0.717) is 12.2 Å². The van der Waals surface area contributed by atoms with E-state index < -0.39 is 0 Å². The van der Waals surface area contributed by atoms with Gasteiger partial charge in [-0.1, -0.05) is 75.9 Å². The van der Waals surface area contributed by atoms with Crippen molar-refractivity contribution in [3.05, 3.63) is 84.2 Å². The standard InChI is InChI=1S/C24H27N3/c1-17(15-24(2,3)4)19-11-8-12-20(14-19)22-16-26-23(25)21(27-22)13-18-9-6-5-7-10-18/h5-12,14,16H,1,13,15H2,2-4H3,(H2,25,26). The molecule has 0 aliphatic carbocycles. The third-order valence-electron chi connectivity index (χ3n) is 4.40. The molecule has 138 valence electrons. The van der Waals surface area contributed by atoms with Crippen LogP contribution in [0.4, 0.5) is 5.82 Å². The second kappa shape index (κ2) is 7.75. The Kier molecular flexibility index (Phi) is 5.41. The zero-order chi connectivity index (χ0) is 19.4. The minimum absolute atomic E-state index is 0.205. The highest BCUT2D eigenvalue weighted by atomic mass is 14.9. The Balaban J connectivity index is 1.89. The van der Waals surface area contributed by atoms with Crippen molar-refractivity contribution >= 4 is 11.4 Å². The van der Waals surface area contributed by atoms with Gasteiger partial charge in [0.05, 0.1) is 17.6 Å². The van der Waals surface area contributed by atoms with Crippen molar-refractivity contribution in [3.63, 3.8) is 0 Å². The molecule has 0 bridgehead atoms. The molecule has 0 aliphatic rings. The molecule has 27 heavy (non-hydrogen) atoms. The molecule has 3 rings (SSSR count). The molecule has 0 atom stereocenters. The molecule has 0 unspecified atom stereocenters. The lowest BCUT2D eigenvalue weighted by Crippen LogP contribution is -2.05. The van der Waals surface area contributed by atoms with Gasteiger partial charge in [0.2, 0.25) is 0 Å². The summed E-state index contributed by atoms with van der Waals surface area (Å²) >= 11 is 0. The van der Waals surface area contributed by atoms with E-state index >= 15 is 0 Å². The molecule has 1 heterocycles. The summed E-state index contributed by atoms with van der Waals surface area (Å²) in [6.45, 7) is 11.0. The summed E-state index contributed by atoms with van der Waals surface area (Å²) in [4.78, 5) is 9.17. The van der Waals surface area contributed by atoms with Crippen molar-refractivity contribution < 1.29 is 0 Å². The lowest BCUT2D eigenvalue weighted by atomic mass is 9.85. The monoisotopic (exact) mass is 357 g/mol. The molecule has 0 aliphatic heterocycles. The Morgan fingerprint density at radius 3 is 2.48 bits per heavy atom. The first-order chi connectivity index (χ1) is 12.8. The number of allylic oxidation sites excluding steroid dienone is 1. The smallest absolute Gasteiger partial charge is 0.145 e. The molecule has 0 amide bonds. The van der Waals surface area contributed by atoms with Crippen LogP contribution in [0.5, 0.6) is 0 Å². The number of hydrogen-bond acceptors (Lipinski definition) is 3. The van der Waals surface area contributed by atoms with Crippen LogP contribution in [0.2, 0.25) is 0 Å². The summed E-state index contributed by atoms with van der Waals surface area (Å²) in [6, 6.07) is 18.5. The minimum atomic E-state index is 0.205. The number of hydrogen-bond donors (Lipinski definition) is 1. The van der Waals surface area contributed by atoms with Gasteiger partial charge in [-0.3, -0.25) is 0 Å². The fraction of sp³-hybridized carbons (Fsp3) is 0.250. The maximum Gasteiger partial charge on any atom is 0.145 e. The number of nitrogen functional groups attached to an aromatic ring is 1. The summed E-state index contributed by atoms with van der Waals surface area (Å²) in [5.74, 6) is 0.482. The molecular formula is C24H27N3. The zero-order valence-electron chi connectivity index (χ0n) is 16.4. The largest absolute Gasteiger partial charge is 0.382 e. The van der Waals surface area contributed by atoms with E-state index in [4.69, 9.17) is 10.7 Å². The van der Waals surface area contributed by atoms with Crippen LogP contribution < -0.4 is 5.73 Å². The molecular weight excluding hydrogens is 330 g/mol.